The number of methoxy groups -OCH3 is 1. The molecule has 1 spiro atoms. The standard InChI is InChI=1S/C31H41BrN2O6S/c1-6-9-10-16-40-30(38)24-25-28(36)34(23(18-35)19(4)8-3)27(31(25)17-22(32)26(24)41-31)29(37)33(15-7-2)20-11-13-21(39-5)14-12-20/h6-7,11-14,19,22-27,35H,1-2,8-10,15-18H2,3-5H3/t19-,22?,23-,24+,25-,26+,27?,31?/m0/s1. The van der Waals surface area contributed by atoms with Gasteiger partial charge in [0.25, 0.3) is 5.91 Å². The van der Waals surface area contributed by atoms with Crippen molar-refractivity contribution in [3.05, 3.63) is 49.6 Å². The number of carbonyl (C=O) groups is 3. The number of fused-ring (bicyclic) bond motifs is 1. The number of hydrogen-bond donors (Lipinski definition) is 1. The molecule has 0 radical (unpaired) electrons. The number of rotatable bonds is 14. The summed E-state index contributed by atoms with van der Waals surface area (Å²) in [6, 6.07) is 5.75. The lowest BCUT2D eigenvalue weighted by molar-refractivity contribution is -0.154. The van der Waals surface area contributed by atoms with Gasteiger partial charge in [0.2, 0.25) is 5.91 Å². The number of ether oxygens (including phenoxy) is 2. The van der Waals surface area contributed by atoms with E-state index in [-0.39, 0.29) is 47.6 Å². The molecular formula is C31H41BrN2O6S. The first-order chi connectivity index (χ1) is 19.7. The number of thioether (sulfide) groups is 1. The molecule has 4 rings (SSSR count). The van der Waals surface area contributed by atoms with Gasteiger partial charge in [0.1, 0.15) is 11.8 Å². The van der Waals surface area contributed by atoms with Crippen LogP contribution in [-0.4, -0.2) is 81.6 Å². The number of halogens is 1. The predicted octanol–water partition coefficient (Wildman–Crippen LogP) is 4.60. The minimum atomic E-state index is -0.873. The van der Waals surface area contributed by atoms with Crippen molar-refractivity contribution in [2.45, 2.75) is 66.4 Å². The summed E-state index contributed by atoms with van der Waals surface area (Å²) < 4.78 is 10.1. The van der Waals surface area contributed by atoms with Crippen molar-refractivity contribution < 1.29 is 29.0 Å². The lowest BCUT2D eigenvalue weighted by Gasteiger charge is -2.41. The van der Waals surface area contributed by atoms with Gasteiger partial charge in [-0.25, -0.2) is 0 Å². The Bertz CT molecular complexity index is 1150. The number of anilines is 1. The molecule has 10 heteroatoms. The Morgan fingerprint density at radius 1 is 1.29 bits per heavy atom. The fraction of sp³-hybridized carbons (Fsp3) is 0.581. The van der Waals surface area contributed by atoms with E-state index in [4.69, 9.17) is 9.47 Å². The second-order valence-electron chi connectivity index (χ2n) is 11.1. The summed E-state index contributed by atoms with van der Waals surface area (Å²) in [5.41, 5.74) is 0.651. The number of alkyl halides is 1. The normalized spacial score (nSPS) is 29.5. The van der Waals surface area contributed by atoms with Gasteiger partial charge in [0.15, 0.2) is 0 Å². The number of aliphatic hydroxyl groups excluding tert-OH is 1. The zero-order valence-corrected chi connectivity index (χ0v) is 26.4. The molecule has 41 heavy (non-hydrogen) atoms. The molecule has 3 unspecified atom stereocenters. The van der Waals surface area contributed by atoms with Crippen molar-refractivity contribution in [1.82, 2.24) is 4.90 Å². The van der Waals surface area contributed by atoms with Gasteiger partial charge in [-0.15, -0.1) is 24.9 Å². The summed E-state index contributed by atoms with van der Waals surface area (Å²) in [6.45, 7) is 11.8. The zero-order chi connectivity index (χ0) is 29.9. The van der Waals surface area contributed by atoms with Gasteiger partial charge in [0, 0.05) is 22.3 Å². The maximum absolute atomic E-state index is 14.7. The molecule has 3 heterocycles. The van der Waals surface area contributed by atoms with E-state index in [1.165, 1.54) is 0 Å². The van der Waals surface area contributed by atoms with Crippen LogP contribution in [0.15, 0.2) is 49.6 Å². The third-order valence-corrected chi connectivity index (χ3v) is 12.1. The minimum absolute atomic E-state index is 0.0606. The molecule has 3 aliphatic heterocycles. The van der Waals surface area contributed by atoms with Crippen LogP contribution >= 0.6 is 27.7 Å². The van der Waals surface area contributed by atoms with Crippen molar-refractivity contribution in [2.75, 3.05) is 31.8 Å². The first-order valence-electron chi connectivity index (χ1n) is 14.3. The molecule has 8 nitrogen and oxygen atoms in total. The molecule has 224 valence electrons. The van der Waals surface area contributed by atoms with E-state index < -0.39 is 34.6 Å². The van der Waals surface area contributed by atoms with Crippen LogP contribution in [0.2, 0.25) is 0 Å². The van der Waals surface area contributed by atoms with Crippen molar-refractivity contribution in [3.63, 3.8) is 0 Å². The van der Waals surface area contributed by atoms with Gasteiger partial charge in [0.05, 0.1) is 42.9 Å². The Morgan fingerprint density at radius 3 is 2.59 bits per heavy atom. The number of carbonyl (C=O) groups excluding carboxylic acids is 3. The van der Waals surface area contributed by atoms with E-state index in [2.05, 4.69) is 29.1 Å². The second kappa shape index (κ2) is 13.3. The number of unbranched alkanes of at least 4 members (excludes halogenated alkanes) is 1. The van der Waals surface area contributed by atoms with Crippen LogP contribution in [0, 0.1) is 17.8 Å². The first kappa shape index (κ1) is 31.6. The molecule has 3 saturated heterocycles. The lowest BCUT2D eigenvalue weighted by Crippen LogP contribution is -2.59. The SMILES string of the molecule is C=CCCCOC(=O)[C@H]1[C@@H]2SC3(CC2Br)C(C(=O)N(CC=C)c2ccc(OC)cc2)N([C@@H](CO)[C@@H](C)CC)C(=O)[C@H]13. The summed E-state index contributed by atoms with van der Waals surface area (Å²) >= 11 is 5.36. The number of benzene rings is 1. The maximum atomic E-state index is 14.7. The average Bonchev–Trinajstić information content (AvgIpc) is 3.57. The summed E-state index contributed by atoms with van der Waals surface area (Å²) in [5.74, 6) is -1.69. The molecule has 1 aromatic carbocycles. The highest BCUT2D eigenvalue weighted by molar-refractivity contribution is 9.09. The number of amides is 2. The zero-order valence-electron chi connectivity index (χ0n) is 24.0. The van der Waals surface area contributed by atoms with Crippen molar-refractivity contribution in [3.8, 4) is 5.75 Å². The molecule has 1 N–H and O–H groups in total. The quantitative estimate of drug-likeness (QED) is 0.136. The van der Waals surface area contributed by atoms with Crippen LogP contribution in [0.1, 0.15) is 39.5 Å². The number of nitrogens with zero attached hydrogens (tertiary/aromatic N) is 2. The molecule has 2 amide bonds. The highest BCUT2D eigenvalue weighted by Crippen LogP contribution is 2.68. The summed E-state index contributed by atoms with van der Waals surface area (Å²) in [4.78, 5) is 45.9. The number of esters is 1. The molecule has 0 aliphatic carbocycles. The van der Waals surface area contributed by atoms with Gasteiger partial charge in [-0.2, -0.15) is 0 Å². The first-order valence-corrected chi connectivity index (χ1v) is 16.1. The van der Waals surface area contributed by atoms with Crippen molar-refractivity contribution >= 4 is 51.2 Å². The highest BCUT2D eigenvalue weighted by Gasteiger charge is 2.76. The summed E-state index contributed by atoms with van der Waals surface area (Å²) in [5, 5.41) is 10.4. The smallest absolute Gasteiger partial charge is 0.310 e. The van der Waals surface area contributed by atoms with Crippen LogP contribution in [0.4, 0.5) is 5.69 Å². The molecular weight excluding hydrogens is 608 g/mol. The van der Waals surface area contributed by atoms with E-state index in [1.54, 1.807) is 53.0 Å². The lowest BCUT2D eigenvalue weighted by atomic mass is 9.71. The third-order valence-electron chi connectivity index (χ3n) is 8.84. The van der Waals surface area contributed by atoms with E-state index in [1.807, 2.05) is 26.0 Å². The van der Waals surface area contributed by atoms with E-state index in [0.717, 1.165) is 6.42 Å². The van der Waals surface area contributed by atoms with Crippen molar-refractivity contribution in [1.29, 1.82) is 0 Å². The molecule has 0 saturated carbocycles. The van der Waals surface area contributed by atoms with E-state index >= 15 is 0 Å². The van der Waals surface area contributed by atoms with Crippen LogP contribution in [0.25, 0.3) is 0 Å². The van der Waals surface area contributed by atoms with Crippen LogP contribution < -0.4 is 9.64 Å². The number of hydrogen-bond acceptors (Lipinski definition) is 7. The second-order valence-corrected chi connectivity index (χ2v) is 13.8. The Labute approximate surface area is 255 Å². The number of aliphatic hydroxyl groups is 1. The molecule has 0 aromatic heterocycles. The molecule has 1 aromatic rings. The Balaban J connectivity index is 1.79. The monoisotopic (exact) mass is 648 g/mol. The molecule has 3 aliphatic rings. The van der Waals surface area contributed by atoms with Gasteiger partial charge in [-0.05, 0) is 49.4 Å². The number of allylic oxidation sites excluding steroid dienone is 1. The fourth-order valence-corrected chi connectivity index (χ4v) is 10.2. The predicted molar refractivity (Wildman–Crippen MR) is 165 cm³/mol. The topological polar surface area (TPSA) is 96.4 Å². The van der Waals surface area contributed by atoms with E-state index in [9.17, 15) is 19.5 Å². The van der Waals surface area contributed by atoms with Gasteiger partial charge < -0.3 is 24.4 Å². The third kappa shape index (κ3) is 5.59. The number of likely N-dealkylation sites (tertiary alicyclic amines) is 1. The van der Waals surface area contributed by atoms with Gasteiger partial charge in [-0.3, -0.25) is 14.4 Å². The summed E-state index contributed by atoms with van der Waals surface area (Å²) in [7, 11) is 1.58. The van der Waals surface area contributed by atoms with Crippen LogP contribution in [0.3, 0.4) is 0 Å². The summed E-state index contributed by atoms with van der Waals surface area (Å²) in [6.07, 6.45) is 6.09. The Hall–Kier alpha value is -2.30. The highest BCUT2D eigenvalue weighted by atomic mass is 79.9. The van der Waals surface area contributed by atoms with E-state index in [0.29, 0.717) is 30.7 Å². The van der Waals surface area contributed by atoms with Crippen LogP contribution in [0.5, 0.6) is 5.75 Å². The molecule has 8 atom stereocenters. The minimum Gasteiger partial charge on any atom is -0.497 e. The van der Waals surface area contributed by atoms with Crippen LogP contribution in [-0.2, 0) is 19.1 Å². The van der Waals surface area contributed by atoms with Gasteiger partial charge in [-0.1, -0.05) is 48.4 Å². The Kier molecular flexibility index (Phi) is 10.3. The fourth-order valence-electron chi connectivity index (χ4n) is 6.65. The Morgan fingerprint density at radius 2 is 2.00 bits per heavy atom. The van der Waals surface area contributed by atoms with Gasteiger partial charge >= 0.3 is 5.97 Å². The van der Waals surface area contributed by atoms with Crippen molar-refractivity contribution in [2.24, 2.45) is 17.8 Å². The largest absolute Gasteiger partial charge is 0.497 e. The molecule has 3 fully saturated rings. The average molecular weight is 650 g/mol. The maximum Gasteiger partial charge on any atom is 0.310 e. The molecule has 2 bridgehead atoms.